The third-order valence-corrected chi connectivity index (χ3v) is 3.09. The zero-order chi connectivity index (χ0) is 14.2. The van der Waals surface area contributed by atoms with Crippen molar-refractivity contribution >= 4 is 5.78 Å². The molecule has 0 radical (unpaired) electrons. The fraction of sp³-hybridized carbons (Fsp3) is 0.188. The minimum Gasteiger partial charge on any atom is -0.288 e. The SMILES string of the molecule is Cc1ccc(F)c(C(=O)c2c(C)cc(F)cc2C)c1. The van der Waals surface area contributed by atoms with Gasteiger partial charge >= 0.3 is 0 Å². The van der Waals surface area contributed by atoms with Crippen molar-refractivity contribution in [2.45, 2.75) is 20.8 Å². The monoisotopic (exact) mass is 260 g/mol. The summed E-state index contributed by atoms with van der Waals surface area (Å²) in [5.74, 6) is -1.36. The topological polar surface area (TPSA) is 17.1 Å². The van der Waals surface area contributed by atoms with E-state index in [0.29, 0.717) is 16.7 Å². The summed E-state index contributed by atoms with van der Waals surface area (Å²) in [6.07, 6.45) is 0. The van der Waals surface area contributed by atoms with Gasteiger partial charge in [-0.3, -0.25) is 4.79 Å². The van der Waals surface area contributed by atoms with E-state index in [9.17, 15) is 13.6 Å². The normalized spacial score (nSPS) is 10.6. The van der Waals surface area contributed by atoms with Crippen LogP contribution in [-0.2, 0) is 0 Å². The van der Waals surface area contributed by atoms with Crippen molar-refractivity contribution in [3.63, 3.8) is 0 Å². The summed E-state index contributed by atoms with van der Waals surface area (Å²) in [5.41, 5.74) is 2.23. The molecular formula is C16H14F2O. The maximum atomic E-state index is 13.8. The molecule has 0 heterocycles. The van der Waals surface area contributed by atoms with Gasteiger partial charge in [-0.2, -0.15) is 0 Å². The first-order chi connectivity index (χ1) is 8.90. The fourth-order valence-corrected chi connectivity index (χ4v) is 2.22. The van der Waals surface area contributed by atoms with Crippen LogP contribution in [0.4, 0.5) is 8.78 Å². The molecule has 0 aliphatic heterocycles. The Balaban J connectivity index is 2.59. The number of aryl methyl sites for hydroxylation is 3. The van der Waals surface area contributed by atoms with Gasteiger partial charge in [-0.25, -0.2) is 8.78 Å². The summed E-state index contributed by atoms with van der Waals surface area (Å²) in [6, 6.07) is 6.97. The third kappa shape index (κ3) is 2.55. The van der Waals surface area contributed by atoms with Crippen LogP contribution in [0, 0.1) is 32.4 Å². The Bertz CT molecular complexity index is 637. The second-order valence-corrected chi connectivity index (χ2v) is 4.73. The molecule has 2 aromatic carbocycles. The Hall–Kier alpha value is -2.03. The molecule has 0 aliphatic carbocycles. The highest BCUT2D eigenvalue weighted by Crippen LogP contribution is 2.22. The summed E-state index contributed by atoms with van der Waals surface area (Å²) in [5, 5.41) is 0. The molecule has 0 atom stereocenters. The average Bonchev–Trinajstić information content (AvgIpc) is 2.30. The number of ketones is 1. The van der Waals surface area contributed by atoms with Crippen LogP contribution in [0.1, 0.15) is 32.6 Å². The van der Waals surface area contributed by atoms with Crippen LogP contribution in [-0.4, -0.2) is 5.78 Å². The summed E-state index contributed by atoms with van der Waals surface area (Å²) < 4.78 is 27.0. The summed E-state index contributed by atoms with van der Waals surface area (Å²) >= 11 is 0. The van der Waals surface area contributed by atoms with E-state index in [4.69, 9.17) is 0 Å². The van der Waals surface area contributed by atoms with E-state index in [1.54, 1.807) is 26.8 Å². The van der Waals surface area contributed by atoms with Crippen molar-refractivity contribution < 1.29 is 13.6 Å². The summed E-state index contributed by atoms with van der Waals surface area (Å²) in [6.45, 7) is 5.09. The average molecular weight is 260 g/mol. The Morgan fingerprint density at radius 1 is 0.947 bits per heavy atom. The summed E-state index contributed by atoms with van der Waals surface area (Å²) in [4.78, 5) is 12.4. The summed E-state index contributed by atoms with van der Waals surface area (Å²) in [7, 11) is 0. The van der Waals surface area contributed by atoms with E-state index in [1.807, 2.05) is 0 Å². The van der Waals surface area contributed by atoms with Crippen molar-refractivity contribution in [2.24, 2.45) is 0 Å². The largest absolute Gasteiger partial charge is 0.288 e. The van der Waals surface area contributed by atoms with E-state index in [-0.39, 0.29) is 5.56 Å². The Kier molecular flexibility index (Phi) is 3.47. The van der Waals surface area contributed by atoms with Gasteiger partial charge < -0.3 is 0 Å². The molecular weight excluding hydrogens is 246 g/mol. The molecule has 2 rings (SSSR count). The van der Waals surface area contributed by atoms with Gasteiger partial charge in [0.05, 0.1) is 5.56 Å². The van der Waals surface area contributed by atoms with Gasteiger partial charge in [-0.15, -0.1) is 0 Å². The van der Waals surface area contributed by atoms with Crippen molar-refractivity contribution in [1.82, 2.24) is 0 Å². The number of halogens is 2. The standard InChI is InChI=1S/C16H14F2O/c1-9-4-5-14(18)13(6-9)16(19)15-10(2)7-12(17)8-11(15)3/h4-8H,1-3H3. The molecule has 0 saturated carbocycles. The van der Waals surface area contributed by atoms with E-state index in [2.05, 4.69) is 0 Å². The molecule has 0 aliphatic rings. The van der Waals surface area contributed by atoms with Gasteiger partial charge in [0.15, 0.2) is 5.78 Å². The second-order valence-electron chi connectivity index (χ2n) is 4.73. The van der Waals surface area contributed by atoms with Crippen molar-refractivity contribution in [1.29, 1.82) is 0 Å². The Morgan fingerprint density at radius 3 is 2.11 bits per heavy atom. The lowest BCUT2D eigenvalue weighted by Gasteiger charge is -2.10. The van der Waals surface area contributed by atoms with E-state index < -0.39 is 17.4 Å². The third-order valence-electron chi connectivity index (χ3n) is 3.09. The first kappa shape index (κ1) is 13.4. The fourth-order valence-electron chi connectivity index (χ4n) is 2.22. The predicted octanol–water partition coefficient (Wildman–Crippen LogP) is 4.12. The predicted molar refractivity (Wildman–Crippen MR) is 70.4 cm³/mol. The molecule has 0 spiro atoms. The first-order valence-electron chi connectivity index (χ1n) is 5.97. The zero-order valence-corrected chi connectivity index (χ0v) is 11.1. The number of benzene rings is 2. The van der Waals surface area contributed by atoms with Crippen molar-refractivity contribution in [3.8, 4) is 0 Å². The smallest absolute Gasteiger partial charge is 0.196 e. The van der Waals surface area contributed by atoms with Crippen molar-refractivity contribution in [2.75, 3.05) is 0 Å². The van der Waals surface area contributed by atoms with Crippen LogP contribution in [0.5, 0.6) is 0 Å². The Morgan fingerprint density at radius 2 is 1.53 bits per heavy atom. The van der Waals surface area contributed by atoms with Crippen molar-refractivity contribution in [3.05, 3.63) is 69.8 Å². The molecule has 19 heavy (non-hydrogen) atoms. The highest BCUT2D eigenvalue weighted by molar-refractivity contribution is 6.11. The quantitative estimate of drug-likeness (QED) is 0.742. The molecule has 0 unspecified atom stereocenters. The maximum Gasteiger partial charge on any atom is 0.196 e. The molecule has 0 N–H and O–H groups in total. The lowest BCUT2D eigenvalue weighted by molar-refractivity contribution is 0.103. The first-order valence-corrected chi connectivity index (χ1v) is 5.97. The van der Waals surface area contributed by atoms with Crippen LogP contribution in [0.25, 0.3) is 0 Å². The molecule has 0 aromatic heterocycles. The van der Waals surface area contributed by atoms with Crippen LogP contribution in [0.15, 0.2) is 30.3 Å². The van der Waals surface area contributed by atoms with Gasteiger partial charge in [-0.05, 0) is 56.2 Å². The van der Waals surface area contributed by atoms with Gasteiger partial charge in [0.2, 0.25) is 0 Å². The molecule has 0 fully saturated rings. The molecule has 1 nitrogen and oxygen atoms in total. The molecule has 2 aromatic rings. The molecule has 0 saturated heterocycles. The van der Waals surface area contributed by atoms with Crippen LogP contribution in [0.3, 0.4) is 0 Å². The van der Waals surface area contributed by atoms with Gasteiger partial charge in [-0.1, -0.05) is 11.6 Å². The maximum absolute atomic E-state index is 13.8. The lowest BCUT2D eigenvalue weighted by atomic mass is 9.94. The van der Waals surface area contributed by atoms with Crippen LogP contribution >= 0.6 is 0 Å². The van der Waals surface area contributed by atoms with Gasteiger partial charge in [0.1, 0.15) is 11.6 Å². The zero-order valence-electron chi connectivity index (χ0n) is 11.1. The van der Waals surface area contributed by atoms with E-state index in [0.717, 1.165) is 5.56 Å². The highest BCUT2D eigenvalue weighted by Gasteiger charge is 2.18. The van der Waals surface area contributed by atoms with Gasteiger partial charge in [0, 0.05) is 5.56 Å². The Labute approximate surface area is 110 Å². The number of rotatable bonds is 2. The molecule has 0 bridgehead atoms. The van der Waals surface area contributed by atoms with E-state index >= 15 is 0 Å². The van der Waals surface area contributed by atoms with E-state index in [1.165, 1.54) is 24.3 Å². The molecule has 98 valence electrons. The minimum absolute atomic E-state index is 0.0257. The number of carbonyl (C=O) groups is 1. The molecule has 0 amide bonds. The number of carbonyl (C=O) groups excluding carboxylic acids is 1. The van der Waals surface area contributed by atoms with Crippen LogP contribution in [0.2, 0.25) is 0 Å². The lowest BCUT2D eigenvalue weighted by Crippen LogP contribution is -2.09. The molecule has 3 heteroatoms. The number of hydrogen-bond donors (Lipinski definition) is 0. The second kappa shape index (κ2) is 4.92. The van der Waals surface area contributed by atoms with Crippen LogP contribution < -0.4 is 0 Å². The van der Waals surface area contributed by atoms with Gasteiger partial charge in [0.25, 0.3) is 0 Å². The minimum atomic E-state index is -0.557. The number of hydrogen-bond acceptors (Lipinski definition) is 1. The highest BCUT2D eigenvalue weighted by atomic mass is 19.1.